The fourth-order valence-corrected chi connectivity index (χ4v) is 2.02. The van der Waals surface area contributed by atoms with Crippen LogP contribution in [0.4, 0.5) is 0 Å². The van der Waals surface area contributed by atoms with Crippen LogP contribution in [0.25, 0.3) is 0 Å². The van der Waals surface area contributed by atoms with Gasteiger partial charge >= 0.3 is 0 Å². The van der Waals surface area contributed by atoms with Crippen molar-refractivity contribution in [2.75, 3.05) is 6.54 Å². The zero-order valence-corrected chi connectivity index (χ0v) is 10.1. The highest BCUT2D eigenvalue weighted by Gasteiger charge is 2.18. The summed E-state index contributed by atoms with van der Waals surface area (Å²) in [5.74, 6) is 0. The Morgan fingerprint density at radius 1 is 0.857 bits per heavy atom. The van der Waals surface area contributed by atoms with Gasteiger partial charge in [0.05, 0.1) is 0 Å². The van der Waals surface area contributed by atoms with Gasteiger partial charge in [0.25, 0.3) is 0 Å². The Kier molecular flexibility index (Phi) is 4.64. The van der Waals surface area contributed by atoms with E-state index < -0.39 is 0 Å². The van der Waals surface area contributed by atoms with Gasteiger partial charge in [-0.1, -0.05) is 46.5 Å². The first-order chi connectivity index (χ1) is 6.61. The number of aliphatic imine (C=N–C) groups is 1. The first-order valence-electron chi connectivity index (χ1n) is 6.14. The molecule has 1 nitrogen and oxygen atoms in total. The van der Waals surface area contributed by atoms with E-state index in [0.29, 0.717) is 5.41 Å². The van der Waals surface area contributed by atoms with Crippen molar-refractivity contribution in [3.05, 3.63) is 0 Å². The van der Waals surface area contributed by atoms with E-state index in [-0.39, 0.29) is 0 Å². The van der Waals surface area contributed by atoms with E-state index in [1.54, 1.807) is 0 Å². The Labute approximate surface area is 89.0 Å². The summed E-state index contributed by atoms with van der Waals surface area (Å²) >= 11 is 0. The van der Waals surface area contributed by atoms with E-state index in [9.17, 15) is 0 Å². The molecule has 0 aliphatic carbocycles. The van der Waals surface area contributed by atoms with Gasteiger partial charge in [-0.05, 0) is 24.7 Å². The molecule has 0 unspecified atom stereocenters. The Morgan fingerprint density at radius 2 is 1.43 bits per heavy atom. The van der Waals surface area contributed by atoms with E-state index in [2.05, 4.69) is 20.8 Å². The summed E-state index contributed by atoms with van der Waals surface area (Å²) in [6, 6.07) is 0. The molecule has 0 atom stereocenters. The standard InChI is InChI=1S/C13H25N/c1-13(2,3)12-10-8-6-4-5-7-9-11-14-12/h4-11H2,1-3H3/b14-12+. The second-order valence-corrected chi connectivity index (χ2v) is 5.45. The lowest BCUT2D eigenvalue weighted by Crippen LogP contribution is -2.21. The monoisotopic (exact) mass is 195 g/mol. The van der Waals surface area contributed by atoms with Gasteiger partial charge in [0.2, 0.25) is 0 Å². The molecule has 0 aromatic rings. The van der Waals surface area contributed by atoms with E-state index in [1.807, 2.05) is 0 Å². The van der Waals surface area contributed by atoms with Crippen molar-refractivity contribution in [3.63, 3.8) is 0 Å². The van der Waals surface area contributed by atoms with Gasteiger partial charge in [-0.3, -0.25) is 4.99 Å². The highest BCUT2D eigenvalue weighted by atomic mass is 14.7. The third kappa shape index (κ3) is 4.26. The molecule has 0 bridgehead atoms. The van der Waals surface area contributed by atoms with Gasteiger partial charge < -0.3 is 0 Å². The molecule has 0 spiro atoms. The SMILES string of the molecule is CC(C)(C)/C1=N/CCCCCCCC1. The Balaban J connectivity index is 2.55. The van der Waals surface area contributed by atoms with Crippen LogP contribution in [-0.2, 0) is 0 Å². The largest absolute Gasteiger partial charge is 0.294 e. The van der Waals surface area contributed by atoms with Crippen LogP contribution in [0.3, 0.4) is 0 Å². The first kappa shape index (κ1) is 11.7. The van der Waals surface area contributed by atoms with Crippen LogP contribution in [0.1, 0.15) is 65.7 Å². The van der Waals surface area contributed by atoms with Crippen LogP contribution in [0, 0.1) is 5.41 Å². The van der Waals surface area contributed by atoms with Crippen LogP contribution in [0.2, 0.25) is 0 Å². The first-order valence-corrected chi connectivity index (χ1v) is 6.14. The maximum Gasteiger partial charge on any atom is 0.0388 e. The summed E-state index contributed by atoms with van der Waals surface area (Å²) in [7, 11) is 0. The van der Waals surface area contributed by atoms with Crippen LogP contribution in [0.5, 0.6) is 0 Å². The minimum absolute atomic E-state index is 0.291. The lowest BCUT2D eigenvalue weighted by Gasteiger charge is -2.22. The molecule has 0 saturated heterocycles. The maximum absolute atomic E-state index is 4.77. The number of nitrogens with zero attached hydrogens (tertiary/aromatic N) is 1. The predicted molar refractivity (Wildman–Crippen MR) is 64.1 cm³/mol. The third-order valence-corrected chi connectivity index (χ3v) is 2.99. The average molecular weight is 195 g/mol. The van der Waals surface area contributed by atoms with Crippen molar-refractivity contribution in [1.29, 1.82) is 0 Å². The van der Waals surface area contributed by atoms with E-state index >= 15 is 0 Å². The molecule has 0 fully saturated rings. The zero-order chi connectivity index (χ0) is 10.4. The minimum atomic E-state index is 0.291. The highest BCUT2D eigenvalue weighted by molar-refractivity contribution is 5.89. The summed E-state index contributed by atoms with van der Waals surface area (Å²) in [6.07, 6.45) is 9.48. The topological polar surface area (TPSA) is 12.4 Å². The molecule has 1 aliphatic rings. The lowest BCUT2D eigenvalue weighted by atomic mass is 9.86. The maximum atomic E-state index is 4.77. The fraction of sp³-hybridized carbons (Fsp3) is 0.923. The molecule has 0 amide bonds. The van der Waals surface area contributed by atoms with Gasteiger partial charge in [-0.2, -0.15) is 0 Å². The van der Waals surface area contributed by atoms with Crippen LogP contribution in [-0.4, -0.2) is 12.3 Å². The molecule has 1 aliphatic heterocycles. The zero-order valence-electron chi connectivity index (χ0n) is 10.1. The number of hydrogen-bond donors (Lipinski definition) is 0. The molecular weight excluding hydrogens is 170 g/mol. The Morgan fingerprint density at radius 3 is 2.07 bits per heavy atom. The molecule has 0 radical (unpaired) electrons. The molecule has 14 heavy (non-hydrogen) atoms. The van der Waals surface area contributed by atoms with E-state index in [4.69, 9.17) is 4.99 Å². The molecule has 1 heteroatoms. The van der Waals surface area contributed by atoms with Gasteiger partial charge in [-0.15, -0.1) is 0 Å². The fourth-order valence-electron chi connectivity index (χ4n) is 2.02. The van der Waals surface area contributed by atoms with Gasteiger partial charge in [-0.25, -0.2) is 0 Å². The van der Waals surface area contributed by atoms with Crippen molar-refractivity contribution in [3.8, 4) is 0 Å². The Bertz CT molecular complexity index is 186. The second kappa shape index (κ2) is 5.53. The lowest BCUT2D eigenvalue weighted by molar-refractivity contribution is 0.542. The van der Waals surface area contributed by atoms with Gasteiger partial charge in [0.15, 0.2) is 0 Å². The smallest absolute Gasteiger partial charge is 0.0388 e. The average Bonchev–Trinajstić information content (AvgIpc) is 2.12. The minimum Gasteiger partial charge on any atom is -0.294 e. The molecule has 82 valence electrons. The van der Waals surface area contributed by atoms with E-state index in [1.165, 1.54) is 50.7 Å². The summed E-state index contributed by atoms with van der Waals surface area (Å²) in [6.45, 7) is 7.93. The quantitative estimate of drug-likeness (QED) is 0.549. The second-order valence-electron chi connectivity index (χ2n) is 5.45. The molecule has 0 aromatic carbocycles. The summed E-state index contributed by atoms with van der Waals surface area (Å²) < 4.78 is 0. The molecule has 0 aromatic heterocycles. The summed E-state index contributed by atoms with van der Waals surface area (Å²) in [5.41, 5.74) is 1.73. The molecular formula is C13H25N. The van der Waals surface area contributed by atoms with Crippen molar-refractivity contribution in [1.82, 2.24) is 0 Å². The van der Waals surface area contributed by atoms with Crippen molar-refractivity contribution in [2.24, 2.45) is 10.4 Å². The van der Waals surface area contributed by atoms with Crippen molar-refractivity contribution < 1.29 is 0 Å². The van der Waals surface area contributed by atoms with Crippen LogP contribution < -0.4 is 0 Å². The third-order valence-electron chi connectivity index (χ3n) is 2.99. The Hall–Kier alpha value is -0.330. The van der Waals surface area contributed by atoms with Crippen molar-refractivity contribution >= 4 is 5.71 Å². The molecule has 1 rings (SSSR count). The van der Waals surface area contributed by atoms with E-state index in [0.717, 1.165) is 6.54 Å². The van der Waals surface area contributed by atoms with Crippen LogP contribution >= 0.6 is 0 Å². The van der Waals surface area contributed by atoms with Crippen molar-refractivity contribution in [2.45, 2.75) is 65.7 Å². The number of rotatable bonds is 0. The normalized spacial score (nSPS) is 25.2. The van der Waals surface area contributed by atoms with Crippen LogP contribution in [0.15, 0.2) is 4.99 Å². The molecule has 0 N–H and O–H groups in total. The highest BCUT2D eigenvalue weighted by Crippen LogP contribution is 2.22. The summed E-state index contributed by atoms with van der Waals surface area (Å²) in [5, 5.41) is 0. The molecule has 0 saturated carbocycles. The number of hydrogen-bond acceptors (Lipinski definition) is 1. The van der Waals surface area contributed by atoms with Gasteiger partial charge in [0.1, 0.15) is 0 Å². The summed E-state index contributed by atoms with van der Waals surface area (Å²) in [4.78, 5) is 4.77. The predicted octanol–water partition coefficient (Wildman–Crippen LogP) is 4.22. The molecule has 1 heterocycles. The van der Waals surface area contributed by atoms with Gasteiger partial charge in [0, 0.05) is 12.3 Å².